The van der Waals surface area contributed by atoms with E-state index in [0.717, 1.165) is 18.4 Å². The Labute approximate surface area is 174 Å². The molecule has 1 aliphatic heterocycles. The summed E-state index contributed by atoms with van der Waals surface area (Å²) < 4.78 is 1.29. The maximum atomic E-state index is 12.6. The zero-order valence-electron chi connectivity index (χ0n) is 15.6. The lowest BCUT2D eigenvalue weighted by Gasteiger charge is -2.30. The Bertz CT molecular complexity index is 886. The Hall–Kier alpha value is -2.05. The van der Waals surface area contributed by atoms with Crippen LogP contribution < -0.4 is 0 Å². The number of amides is 2. The van der Waals surface area contributed by atoms with E-state index in [1.54, 1.807) is 6.92 Å². The Balaban J connectivity index is 1.41. The monoisotopic (exact) mass is 420 g/mol. The first kappa shape index (κ1) is 19.3. The molecule has 1 aromatic carbocycles. The van der Waals surface area contributed by atoms with Gasteiger partial charge < -0.3 is 9.80 Å². The number of benzene rings is 1. The maximum absolute atomic E-state index is 12.6. The van der Waals surface area contributed by atoms with E-state index in [-0.39, 0.29) is 18.0 Å². The summed E-state index contributed by atoms with van der Waals surface area (Å²) in [4.78, 5) is 28.7. The zero-order valence-corrected chi connectivity index (χ0v) is 17.1. The highest BCUT2D eigenvalue weighted by molar-refractivity contribution is 6.31. The molecule has 0 spiro atoms. The van der Waals surface area contributed by atoms with Crippen LogP contribution in [0.3, 0.4) is 0 Å². The van der Waals surface area contributed by atoms with Crippen molar-refractivity contribution in [2.24, 2.45) is 11.8 Å². The van der Waals surface area contributed by atoms with E-state index in [9.17, 15) is 9.59 Å². The minimum Gasteiger partial charge on any atom is -0.336 e. The number of nitrogens with zero attached hydrogens (tertiary/aromatic N) is 4. The summed E-state index contributed by atoms with van der Waals surface area (Å²) in [6, 6.07) is 7.68. The van der Waals surface area contributed by atoms with Gasteiger partial charge in [-0.2, -0.15) is 9.78 Å². The van der Waals surface area contributed by atoms with Crippen molar-refractivity contribution in [3.63, 3.8) is 0 Å². The molecule has 2 fully saturated rings. The highest BCUT2D eigenvalue weighted by Gasteiger charge is 2.44. The van der Waals surface area contributed by atoms with Crippen molar-refractivity contribution in [2.45, 2.75) is 32.4 Å². The van der Waals surface area contributed by atoms with Crippen LogP contribution in [0.1, 0.15) is 25.3 Å². The third kappa shape index (κ3) is 3.76. The van der Waals surface area contributed by atoms with Crippen LogP contribution in [0.2, 0.25) is 10.0 Å². The Morgan fingerprint density at radius 2 is 1.86 bits per heavy atom. The first-order valence-corrected chi connectivity index (χ1v) is 10.2. The number of fused-ring (bicyclic) bond motifs is 1. The van der Waals surface area contributed by atoms with E-state index in [1.165, 1.54) is 17.1 Å². The van der Waals surface area contributed by atoms with Crippen LogP contribution in [-0.4, -0.2) is 50.6 Å². The number of aromatic nitrogens is 2. The lowest BCUT2D eigenvalue weighted by molar-refractivity contribution is -0.131. The summed E-state index contributed by atoms with van der Waals surface area (Å²) in [5.74, 6) is 0.852. The summed E-state index contributed by atoms with van der Waals surface area (Å²) in [7, 11) is 0. The molecule has 0 bridgehead atoms. The minimum absolute atomic E-state index is 0.0593. The van der Waals surface area contributed by atoms with E-state index >= 15 is 0 Å². The second-order valence-electron chi connectivity index (χ2n) is 7.67. The minimum atomic E-state index is -0.141. The van der Waals surface area contributed by atoms with Crippen molar-refractivity contribution in [2.75, 3.05) is 13.1 Å². The van der Waals surface area contributed by atoms with Crippen molar-refractivity contribution >= 4 is 35.1 Å². The first-order chi connectivity index (χ1) is 13.4. The number of halogens is 2. The molecule has 2 aromatic rings. The molecule has 1 saturated carbocycles. The van der Waals surface area contributed by atoms with Crippen molar-refractivity contribution < 1.29 is 9.59 Å². The van der Waals surface area contributed by atoms with Crippen molar-refractivity contribution in [1.29, 1.82) is 0 Å². The molecular weight excluding hydrogens is 399 g/mol. The third-order valence-electron chi connectivity index (χ3n) is 5.89. The van der Waals surface area contributed by atoms with Crippen LogP contribution >= 0.6 is 23.2 Å². The van der Waals surface area contributed by atoms with Gasteiger partial charge in [-0.3, -0.25) is 4.79 Å². The number of rotatable bonds is 3. The fourth-order valence-electron chi connectivity index (χ4n) is 4.54. The molecule has 2 heterocycles. The van der Waals surface area contributed by atoms with Gasteiger partial charge in [0.05, 0.1) is 17.4 Å². The van der Waals surface area contributed by atoms with E-state index < -0.39 is 0 Å². The van der Waals surface area contributed by atoms with E-state index in [4.69, 9.17) is 23.2 Å². The predicted molar refractivity (Wildman–Crippen MR) is 107 cm³/mol. The molecule has 148 valence electrons. The van der Waals surface area contributed by atoms with Crippen molar-refractivity contribution in [3.05, 3.63) is 52.3 Å². The lowest BCUT2D eigenvalue weighted by atomic mass is 10.0. The standard InChI is InChI=1S/C20H22Cl2N4O2/c1-13(27)25(11-14-4-2-3-5-19(14)22)18-6-15-9-24(10-16(15)7-18)20(28)26-12-17(21)8-23-26/h2-5,8,12,15-16,18H,6-7,9-11H2,1H3/t15-,16+,18?. The Morgan fingerprint density at radius 1 is 1.18 bits per heavy atom. The van der Waals surface area contributed by atoms with Gasteiger partial charge in [0.15, 0.2) is 0 Å². The van der Waals surface area contributed by atoms with Gasteiger partial charge >= 0.3 is 6.03 Å². The summed E-state index contributed by atoms with van der Waals surface area (Å²) in [6.45, 7) is 3.51. The van der Waals surface area contributed by atoms with Gasteiger partial charge in [-0.25, -0.2) is 4.79 Å². The van der Waals surface area contributed by atoms with Crippen LogP contribution in [0, 0.1) is 11.8 Å². The molecule has 1 aliphatic carbocycles. The quantitative estimate of drug-likeness (QED) is 0.755. The molecule has 1 unspecified atom stereocenters. The second kappa shape index (κ2) is 7.76. The number of likely N-dealkylation sites (tertiary alicyclic amines) is 1. The van der Waals surface area contributed by atoms with Gasteiger partial charge in [0.2, 0.25) is 5.91 Å². The van der Waals surface area contributed by atoms with Crippen LogP contribution in [0.15, 0.2) is 36.7 Å². The van der Waals surface area contributed by atoms with Gasteiger partial charge in [0, 0.05) is 37.6 Å². The van der Waals surface area contributed by atoms with Crippen molar-refractivity contribution in [1.82, 2.24) is 19.6 Å². The molecule has 3 atom stereocenters. The molecule has 2 aliphatic rings. The maximum Gasteiger partial charge on any atom is 0.344 e. The normalized spacial score (nSPS) is 23.7. The Kier molecular flexibility index (Phi) is 5.34. The molecule has 8 heteroatoms. The van der Waals surface area contributed by atoms with Gasteiger partial charge in [-0.15, -0.1) is 0 Å². The van der Waals surface area contributed by atoms with Crippen LogP contribution in [-0.2, 0) is 11.3 Å². The molecule has 0 N–H and O–H groups in total. The van der Waals surface area contributed by atoms with E-state index in [1.807, 2.05) is 34.1 Å². The van der Waals surface area contributed by atoms with Gasteiger partial charge in [0.1, 0.15) is 0 Å². The third-order valence-corrected chi connectivity index (χ3v) is 6.45. The first-order valence-electron chi connectivity index (χ1n) is 9.42. The topological polar surface area (TPSA) is 58.4 Å². The number of carbonyl (C=O) groups is 2. The molecule has 28 heavy (non-hydrogen) atoms. The smallest absolute Gasteiger partial charge is 0.336 e. The Morgan fingerprint density at radius 3 is 2.43 bits per heavy atom. The summed E-state index contributed by atoms with van der Waals surface area (Å²) in [5.41, 5.74) is 0.962. The van der Waals surface area contributed by atoms with Crippen LogP contribution in [0.4, 0.5) is 4.79 Å². The number of carbonyl (C=O) groups excluding carboxylic acids is 2. The SMILES string of the molecule is CC(=O)N(Cc1ccccc1Cl)C1C[C@@H]2CN(C(=O)n3cc(Cl)cn3)C[C@@H]2C1. The van der Waals surface area contributed by atoms with Crippen LogP contribution in [0.5, 0.6) is 0 Å². The van der Waals surface area contributed by atoms with Crippen LogP contribution in [0.25, 0.3) is 0 Å². The van der Waals surface area contributed by atoms with Gasteiger partial charge in [-0.05, 0) is 36.3 Å². The van der Waals surface area contributed by atoms with Gasteiger partial charge in [-0.1, -0.05) is 41.4 Å². The van der Waals surface area contributed by atoms with Gasteiger partial charge in [0.25, 0.3) is 0 Å². The van der Waals surface area contributed by atoms with Crippen molar-refractivity contribution in [3.8, 4) is 0 Å². The lowest BCUT2D eigenvalue weighted by Crippen LogP contribution is -2.39. The largest absolute Gasteiger partial charge is 0.344 e. The predicted octanol–water partition coefficient (Wildman–Crippen LogP) is 3.92. The fraction of sp³-hybridized carbons (Fsp3) is 0.450. The summed E-state index contributed by atoms with van der Waals surface area (Å²) >= 11 is 12.2. The molecule has 4 rings (SSSR count). The molecule has 0 radical (unpaired) electrons. The van der Waals surface area contributed by atoms with E-state index in [2.05, 4.69) is 5.10 Å². The number of hydrogen-bond acceptors (Lipinski definition) is 3. The highest BCUT2D eigenvalue weighted by Crippen LogP contribution is 2.41. The average molecular weight is 421 g/mol. The van der Waals surface area contributed by atoms with E-state index in [0.29, 0.717) is 41.5 Å². The molecule has 1 aromatic heterocycles. The second-order valence-corrected chi connectivity index (χ2v) is 8.52. The summed E-state index contributed by atoms with van der Waals surface area (Å²) in [6.07, 6.45) is 4.80. The molecular formula is C20H22Cl2N4O2. The number of hydrogen-bond donors (Lipinski definition) is 0. The molecule has 6 nitrogen and oxygen atoms in total. The summed E-state index contributed by atoms with van der Waals surface area (Å²) in [5, 5.41) is 5.13. The molecule has 1 saturated heterocycles. The molecule has 2 amide bonds. The average Bonchev–Trinajstić information content (AvgIpc) is 3.34. The highest BCUT2D eigenvalue weighted by atomic mass is 35.5. The fourth-order valence-corrected chi connectivity index (χ4v) is 4.87. The zero-order chi connectivity index (χ0) is 19.8.